The predicted molar refractivity (Wildman–Crippen MR) is 151 cm³/mol. The Hall–Kier alpha value is -3.12. The third kappa shape index (κ3) is 5.98. The number of carbonyl (C=O) groups excluding carboxylic acids is 2. The minimum absolute atomic E-state index is 0.0919. The van der Waals surface area contributed by atoms with Crippen LogP contribution in [0.3, 0.4) is 0 Å². The van der Waals surface area contributed by atoms with Crippen molar-refractivity contribution < 1.29 is 14.3 Å². The SMILES string of the molecule is COc1ccccc1NC(=O)CSc1nc2ccc(NC(=O)CSc3nc4ccccc4s3)cc2s1. The standard InChI is InChI=1S/C25H20N4O3S4/c1-32-19-8-4-2-6-16(19)27-23(31)14-34-25-29-18-11-10-15(12-21(18)36-25)26-22(30)13-33-24-28-17-7-3-5-9-20(17)35-24/h2-12H,13-14H2,1H3,(H,26,30)(H,27,31). The Morgan fingerprint density at radius 2 is 1.44 bits per heavy atom. The molecule has 11 heteroatoms. The van der Waals surface area contributed by atoms with Crippen molar-refractivity contribution in [2.45, 2.75) is 8.68 Å². The number of benzene rings is 3. The summed E-state index contributed by atoms with van der Waals surface area (Å²) in [6, 6.07) is 20.9. The summed E-state index contributed by atoms with van der Waals surface area (Å²) in [6.45, 7) is 0. The van der Waals surface area contributed by atoms with Gasteiger partial charge in [-0.3, -0.25) is 9.59 Å². The number of hydrogen-bond acceptors (Lipinski definition) is 9. The molecule has 0 spiro atoms. The first-order valence-corrected chi connectivity index (χ1v) is 14.4. The first kappa shape index (κ1) is 24.6. The number of aromatic nitrogens is 2. The summed E-state index contributed by atoms with van der Waals surface area (Å²) in [4.78, 5) is 34.0. The summed E-state index contributed by atoms with van der Waals surface area (Å²) in [6.07, 6.45) is 0. The summed E-state index contributed by atoms with van der Waals surface area (Å²) in [5.41, 5.74) is 3.13. The molecule has 0 bridgehead atoms. The molecule has 7 nitrogen and oxygen atoms in total. The number of nitrogens with one attached hydrogen (secondary N) is 2. The van der Waals surface area contributed by atoms with Crippen LogP contribution in [-0.2, 0) is 9.59 Å². The minimum Gasteiger partial charge on any atom is -0.495 e. The molecule has 182 valence electrons. The van der Waals surface area contributed by atoms with Gasteiger partial charge in [0.05, 0.1) is 44.7 Å². The summed E-state index contributed by atoms with van der Waals surface area (Å²) < 4.78 is 8.99. The number of methoxy groups -OCH3 is 1. The zero-order valence-electron chi connectivity index (χ0n) is 19.0. The third-order valence-corrected chi connectivity index (χ3v) is 9.30. The van der Waals surface area contributed by atoms with Gasteiger partial charge in [0, 0.05) is 5.69 Å². The Balaban J connectivity index is 1.15. The highest BCUT2D eigenvalue weighted by Crippen LogP contribution is 2.32. The second kappa shape index (κ2) is 11.3. The average molecular weight is 553 g/mol. The van der Waals surface area contributed by atoms with E-state index in [0.717, 1.165) is 29.1 Å². The number of anilines is 2. The van der Waals surface area contributed by atoms with Gasteiger partial charge in [0.25, 0.3) is 0 Å². The number of hydrogen-bond donors (Lipinski definition) is 2. The molecule has 0 unspecified atom stereocenters. The first-order valence-electron chi connectivity index (χ1n) is 10.8. The van der Waals surface area contributed by atoms with Crippen LogP contribution in [0.1, 0.15) is 0 Å². The molecule has 0 aliphatic carbocycles. The average Bonchev–Trinajstić information content (AvgIpc) is 3.49. The van der Waals surface area contributed by atoms with Crippen LogP contribution in [0.4, 0.5) is 11.4 Å². The first-order chi connectivity index (χ1) is 17.6. The van der Waals surface area contributed by atoms with E-state index in [0.29, 0.717) is 17.1 Å². The lowest BCUT2D eigenvalue weighted by molar-refractivity contribution is -0.114. The predicted octanol–water partition coefficient (Wildman–Crippen LogP) is 6.38. The summed E-state index contributed by atoms with van der Waals surface area (Å²) in [5, 5.41) is 5.82. The molecule has 3 aromatic carbocycles. The molecule has 36 heavy (non-hydrogen) atoms. The number of amides is 2. The van der Waals surface area contributed by atoms with E-state index in [1.807, 2.05) is 54.6 Å². The van der Waals surface area contributed by atoms with Gasteiger partial charge in [-0.1, -0.05) is 47.8 Å². The minimum atomic E-state index is -0.137. The highest BCUT2D eigenvalue weighted by atomic mass is 32.2. The maximum absolute atomic E-state index is 12.5. The van der Waals surface area contributed by atoms with Crippen LogP contribution in [0.2, 0.25) is 0 Å². The quantitative estimate of drug-likeness (QED) is 0.205. The smallest absolute Gasteiger partial charge is 0.234 e. The molecule has 2 N–H and O–H groups in total. The number of thioether (sulfide) groups is 2. The molecule has 5 rings (SSSR count). The second-order valence-corrected chi connectivity index (χ2v) is 12.0. The molecular formula is C25H20N4O3S4. The van der Waals surface area contributed by atoms with Gasteiger partial charge >= 0.3 is 0 Å². The summed E-state index contributed by atoms with van der Waals surface area (Å²) in [5.74, 6) is 0.893. The van der Waals surface area contributed by atoms with Crippen LogP contribution in [0, 0.1) is 0 Å². The summed E-state index contributed by atoms with van der Waals surface area (Å²) >= 11 is 5.88. The number of ether oxygens (including phenoxy) is 1. The number of fused-ring (bicyclic) bond motifs is 2. The van der Waals surface area contributed by atoms with E-state index in [9.17, 15) is 9.59 Å². The largest absolute Gasteiger partial charge is 0.495 e. The maximum Gasteiger partial charge on any atom is 0.234 e. The van der Waals surface area contributed by atoms with Crippen LogP contribution in [0.5, 0.6) is 5.75 Å². The van der Waals surface area contributed by atoms with Crippen molar-refractivity contribution >= 4 is 89.8 Å². The lowest BCUT2D eigenvalue weighted by Crippen LogP contribution is -2.14. The van der Waals surface area contributed by atoms with Crippen molar-refractivity contribution in [1.29, 1.82) is 0 Å². The number of para-hydroxylation sites is 3. The zero-order valence-corrected chi connectivity index (χ0v) is 22.3. The van der Waals surface area contributed by atoms with E-state index < -0.39 is 0 Å². The Kier molecular flexibility index (Phi) is 7.71. The fraction of sp³-hybridized carbons (Fsp3) is 0.120. The van der Waals surface area contributed by atoms with Gasteiger partial charge in [-0.05, 0) is 42.5 Å². The highest BCUT2D eigenvalue weighted by Gasteiger charge is 2.12. The van der Waals surface area contributed by atoms with Crippen molar-refractivity contribution in [2.75, 3.05) is 29.2 Å². The third-order valence-electron chi connectivity index (χ3n) is 4.96. The zero-order chi connectivity index (χ0) is 24.9. The van der Waals surface area contributed by atoms with Crippen molar-refractivity contribution in [3.05, 3.63) is 66.7 Å². The fourth-order valence-corrected chi connectivity index (χ4v) is 7.12. The lowest BCUT2D eigenvalue weighted by atomic mass is 10.3. The molecule has 0 radical (unpaired) electrons. The van der Waals surface area contributed by atoms with Crippen molar-refractivity contribution in [3.63, 3.8) is 0 Å². The Labute approximate surface area is 223 Å². The highest BCUT2D eigenvalue weighted by molar-refractivity contribution is 8.02. The van der Waals surface area contributed by atoms with Crippen LogP contribution >= 0.6 is 46.2 Å². The molecule has 2 amide bonds. The van der Waals surface area contributed by atoms with Crippen molar-refractivity contribution in [2.24, 2.45) is 0 Å². The van der Waals surface area contributed by atoms with E-state index >= 15 is 0 Å². The van der Waals surface area contributed by atoms with E-state index in [1.165, 1.54) is 34.9 Å². The van der Waals surface area contributed by atoms with Gasteiger partial charge in [0.15, 0.2) is 8.68 Å². The molecule has 0 fully saturated rings. The normalized spacial score (nSPS) is 11.0. The van der Waals surface area contributed by atoms with E-state index in [-0.39, 0.29) is 23.3 Å². The van der Waals surface area contributed by atoms with Gasteiger partial charge in [-0.15, -0.1) is 22.7 Å². The molecule has 0 aliphatic rings. The van der Waals surface area contributed by atoms with Gasteiger partial charge < -0.3 is 15.4 Å². The molecule has 0 saturated heterocycles. The number of nitrogens with zero attached hydrogens (tertiary/aromatic N) is 2. The van der Waals surface area contributed by atoms with Crippen LogP contribution in [0.25, 0.3) is 20.4 Å². The van der Waals surface area contributed by atoms with Crippen LogP contribution in [0.15, 0.2) is 75.4 Å². The topological polar surface area (TPSA) is 93.2 Å². The lowest BCUT2D eigenvalue weighted by Gasteiger charge is -2.09. The Bertz CT molecular complexity index is 1520. The summed E-state index contributed by atoms with van der Waals surface area (Å²) in [7, 11) is 1.57. The van der Waals surface area contributed by atoms with Gasteiger partial charge in [0.2, 0.25) is 11.8 Å². The molecule has 0 atom stereocenters. The molecular weight excluding hydrogens is 533 g/mol. The Morgan fingerprint density at radius 1 is 0.806 bits per heavy atom. The van der Waals surface area contributed by atoms with Gasteiger partial charge in [0.1, 0.15) is 5.75 Å². The van der Waals surface area contributed by atoms with E-state index in [1.54, 1.807) is 30.6 Å². The molecule has 2 aromatic heterocycles. The maximum atomic E-state index is 12.5. The monoisotopic (exact) mass is 552 g/mol. The van der Waals surface area contributed by atoms with Crippen LogP contribution < -0.4 is 15.4 Å². The van der Waals surface area contributed by atoms with Crippen LogP contribution in [-0.4, -0.2) is 40.4 Å². The Morgan fingerprint density at radius 3 is 2.19 bits per heavy atom. The van der Waals surface area contributed by atoms with Crippen molar-refractivity contribution in [3.8, 4) is 5.75 Å². The molecule has 0 saturated carbocycles. The van der Waals surface area contributed by atoms with Gasteiger partial charge in [-0.25, -0.2) is 9.97 Å². The fourth-order valence-electron chi connectivity index (χ4n) is 3.34. The van der Waals surface area contributed by atoms with E-state index in [4.69, 9.17) is 4.74 Å². The second-order valence-electron chi connectivity index (χ2n) is 7.48. The van der Waals surface area contributed by atoms with Gasteiger partial charge in [-0.2, -0.15) is 0 Å². The molecule has 0 aliphatic heterocycles. The number of thiazole rings is 2. The molecule has 2 heterocycles. The number of rotatable bonds is 9. The number of carbonyl (C=O) groups is 2. The molecule has 5 aromatic rings. The van der Waals surface area contributed by atoms with E-state index in [2.05, 4.69) is 20.6 Å². The van der Waals surface area contributed by atoms with Crippen molar-refractivity contribution in [1.82, 2.24) is 9.97 Å².